The van der Waals surface area contributed by atoms with Gasteiger partial charge in [0, 0.05) is 0 Å². The number of hydrogen-bond donors (Lipinski definition) is 1. The first-order valence-electron chi connectivity index (χ1n) is 6.53. The smallest absolute Gasteiger partial charge is 0.241 e. The van der Waals surface area contributed by atoms with Gasteiger partial charge in [0.15, 0.2) is 9.84 Å². The van der Waals surface area contributed by atoms with Crippen molar-refractivity contribution in [2.75, 3.05) is 11.5 Å². The zero-order valence-electron chi connectivity index (χ0n) is 11.5. The molecule has 0 bridgehead atoms. The van der Waals surface area contributed by atoms with Crippen LogP contribution >= 0.6 is 0 Å². The molecule has 7 nitrogen and oxygen atoms in total. The maximum Gasteiger partial charge on any atom is 0.241 e. The maximum absolute atomic E-state index is 11.8. The fraction of sp³-hybridized carbons (Fsp3) is 0.727. The van der Waals surface area contributed by atoms with Crippen LogP contribution in [0, 0.1) is 0 Å². The summed E-state index contributed by atoms with van der Waals surface area (Å²) in [6, 6.07) is -0.296. The van der Waals surface area contributed by atoms with Crippen molar-refractivity contribution in [2.24, 2.45) is 5.14 Å². The molecule has 114 valence electrons. The number of sulfonamides is 1. The minimum Gasteiger partial charge on any atom is -0.264 e. The fourth-order valence-corrected chi connectivity index (χ4v) is 5.43. The highest BCUT2D eigenvalue weighted by Crippen LogP contribution is 2.29. The van der Waals surface area contributed by atoms with Crippen molar-refractivity contribution in [1.29, 1.82) is 0 Å². The fourth-order valence-electron chi connectivity index (χ4n) is 2.66. The van der Waals surface area contributed by atoms with E-state index >= 15 is 0 Å². The Morgan fingerprint density at radius 2 is 2.00 bits per heavy atom. The molecule has 0 aromatic carbocycles. The molecule has 1 saturated heterocycles. The van der Waals surface area contributed by atoms with Gasteiger partial charge < -0.3 is 0 Å². The lowest BCUT2D eigenvalue weighted by Crippen LogP contribution is -2.18. The molecule has 1 unspecified atom stereocenters. The first kappa shape index (κ1) is 15.5. The van der Waals surface area contributed by atoms with E-state index in [-0.39, 0.29) is 22.4 Å². The number of sulfone groups is 1. The van der Waals surface area contributed by atoms with E-state index < -0.39 is 19.9 Å². The SMILES string of the molecule is CCc1nn(C2CCS(=O)(=O)C2)c(CC)c1S(N)(=O)=O. The third kappa shape index (κ3) is 2.75. The molecule has 1 aliphatic rings. The van der Waals surface area contributed by atoms with Crippen LogP contribution in [0.5, 0.6) is 0 Å². The summed E-state index contributed by atoms with van der Waals surface area (Å²) in [6.07, 6.45) is 1.34. The number of aromatic nitrogens is 2. The van der Waals surface area contributed by atoms with E-state index in [2.05, 4.69) is 5.10 Å². The van der Waals surface area contributed by atoms with Gasteiger partial charge in [0.25, 0.3) is 0 Å². The molecule has 0 amide bonds. The highest BCUT2D eigenvalue weighted by Gasteiger charge is 2.34. The van der Waals surface area contributed by atoms with Gasteiger partial charge in [-0.25, -0.2) is 22.0 Å². The number of primary sulfonamides is 1. The van der Waals surface area contributed by atoms with Gasteiger partial charge in [-0.15, -0.1) is 0 Å². The molecule has 0 saturated carbocycles. The number of hydrogen-bond acceptors (Lipinski definition) is 5. The van der Waals surface area contributed by atoms with Crippen LogP contribution in [0.25, 0.3) is 0 Å². The van der Waals surface area contributed by atoms with E-state index in [0.717, 1.165) is 0 Å². The zero-order valence-corrected chi connectivity index (χ0v) is 13.2. The molecule has 0 spiro atoms. The lowest BCUT2D eigenvalue weighted by atomic mass is 10.2. The Morgan fingerprint density at radius 3 is 2.40 bits per heavy atom. The Balaban J connectivity index is 2.58. The normalized spacial score (nSPS) is 22.2. The molecular weight excluding hydrogens is 302 g/mol. The Hall–Kier alpha value is -0.930. The average Bonchev–Trinajstić information content (AvgIpc) is 2.87. The third-order valence-corrected chi connectivity index (χ3v) is 6.33. The molecule has 2 rings (SSSR count). The first-order chi connectivity index (χ1) is 9.19. The number of rotatable bonds is 4. The summed E-state index contributed by atoms with van der Waals surface area (Å²) >= 11 is 0. The van der Waals surface area contributed by atoms with Crippen molar-refractivity contribution in [3.05, 3.63) is 11.4 Å². The van der Waals surface area contributed by atoms with Crippen LogP contribution in [-0.4, -0.2) is 38.1 Å². The van der Waals surface area contributed by atoms with Crippen molar-refractivity contribution in [2.45, 2.75) is 44.0 Å². The summed E-state index contributed by atoms with van der Waals surface area (Å²) < 4.78 is 48.2. The van der Waals surface area contributed by atoms with Gasteiger partial charge in [-0.05, 0) is 19.3 Å². The summed E-state index contributed by atoms with van der Waals surface area (Å²) in [4.78, 5) is 0.0618. The Labute approximate surface area is 119 Å². The van der Waals surface area contributed by atoms with E-state index in [1.807, 2.05) is 6.92 Å². The van der Waals surface area contributed by atoms with E-state index in [1.54, 1.807) is 11.6 Å². The van der Waals surface area contributed by atoms with Crippen molar-refractivity contribution >= 4 is 19.9 Å². The van der Waals surface area contributed by atoms with Crippen LogP contribution in [-0.2, 0) is 32.7 Å². The van der Waals surface area contributed by atoms with Crippen LogP contribution in [0.4, 0.5) is 0 Å². The summed E-state index contributed by atoms with van der Waals surface area (Å²) in [5.41, 5.74) is 0.917. The summed E-state index contributed by atoms with van der Waals surface area (Å²) in [5, 5.41) is 9.58. The van der Waals surface area contributed by atoms with Crippen LogP contribution in [0.2, 0.25) is 0 Å². The van der Waals surface area contributed by atoms with Gasteiger partial charge in [0.1, 0.15) is 4.90 Å². The first-order valence-corrected chi connectivity index (χ1v) is 9.89. The predicted molar refractivity (Wildman–Crippen MR) is 74.7 cm³/mol. The van der Waals surface area contributed by atoms with Gasteiger partial charge in [-0.1, -0.05) is 13.8 Å². The van der Waals surface area contributed by atoms with E-state index in [1.165, 1.54) is 0 Å². The van der Waals surface area contributed by atoms with E-state index in [0.29, 0.717) is 30.7 Å². The number of aryl methyl sites for hydroxylation is 1. The highest BCUT2D eigenvalue weighted by atomic mass is 32.2. The minimum atomic E-state index is -3.86. The second-order valence-electron chi connectivity index (χ2n) is 4.98. The Bertz CT molecular complexity index is 719. The molecule has 1 aromatic heterocycles. The topological polar surface area (TPSA) is 112 Å². The summed E-state index contributed by atoms with van der Waals surface area (Å²) in [5.74, 6) is 0.127. The van der Waals surface area contributed by atoms with Crippen molar-refractivity contribution < 1.29 is 16.8 Å². The quantitative estimate of drug-likeness (QED) is 0.840. The second-order valence-corrected chi connectivity index (χ2v) is 8.70. The van der Waals surface area contributed by atoms with Crippen LogP contribution in [0.1, 0.15) is 37.7 Å². The maximum atomic E-state index is 11.8. The summed E-state index contributed by atoms with van der Waals surface area (Å²) in [6.45, 7) is 3.61. The molecule has 9 heteroatoms. The van der Waals surface area contributed by atoms with Crippen molar-refractivity contribution in [3.63, 3.8) is 0 Å². The minimum absolute atomic E-state index is 0.00882. The van der Waals surface area contributed by atoms with Gasteiger partial charge in [0.2, 0.25) is 10.0 Å². The molecule has 1 fully saturated rings. The molecule has 2 heterocycles. The van der Waals surface area contributed by atoms with Crippen molar-refractivity contribution in [3.8, 4) is 0 Å². The predicted octanol–water partition coefficient (Wildman–Crippen LogP) is 0.0149. The summed E-state index contributed by atoms with van der Waals surface area (Å²) in [7, 11) is -6.91. The van der Waals surface area contributed by atoms with E-state index in [4.69, 9.17) is 5.14 Å². The third-order valence-electron chi connectivity index (χ3n) is 3.54. The molecule has 2 N–H and O–H groups in total. The highest BCUT2D eigenvalue weighted by molar-refractivity contribution is 7.91. The van der Waals surface area contributed by atoms with Gasteiger partial charge >= 0.3 is 0 Å². The molecule has 0 aliphatic carbocycles. The largest absolute Gasteiger partial charge is 0.264 e. The van der Waals surface area contributed by atoms with Crippen LogP contribution in [0.3, 0.4) is 0 Å². The van der Waals surface area contributed by atoms with Gasteiger partial charge in [-0.3, -0.25) is 4.68 Å². The van der Waals surface area contributed by atoms with Crippen LogP contribution in [0.15, 0.2) is 4.90 Å². The number of nitrogens with two attached hydrogens (primary N) is 1. The van der Waals surface area contributed by atoms with Crippen molar-refractivity contribution in [1.82, 2.24) is 9.78 Å². The molecule has 1 atom stereocenters. The standard InChI is InChI=1S/C11H19N3O4S2/c1-3-9-11(20(12,17)18)10(4-2)14(13-9)8-5-6-19(15,16)7-8/h8H,3-7H2,1-2H3,(H2,12,17,18). The molecule has 1 aliphatic heterocycles. The van der Waals surface area contributed by atoms with Gasteiger partial charge in [0.05, 0.1) is 28.9 Å². The van der Waals surface area contributed by atoms with Gasteiger partial charge in [-0.2, -0.15) is 5.10 Å². The average molecular weight is 321 g/mol. The monoisotopic (exact) mass is 321 g/mol. The second kappa shape index (κ2) is 5.12. The number of nitrogens with zero attached hydrogens (tertiary/aromatic N) is 2. The lowest BCUT2D eigenvalue weighted by molar-refractivity contribution is 0.477. The van der Waals surface area contributed by atoms with Crippen LogP contribution < -0.4 is 5.14 Å². The molecule has 20 heavy (non-hydrogen) atoms. The molecular formula is C11H19N3O4S2. The molecule has 0 radical (unpaired) electrons. The Kier molecular flexibility index (Phi) is 3.96. The zero-order chi connectivity index (χ0) is 15.1. The van der Waals surface area contributed by atoms with E-state index in [9.17, 15) is 16.8 Å². The lowest BCUT2D eigenvalue weighted by Gasteiger charge is -2.12. The Morgan fingerprint density at radius 1 is 1.35 bits per heavy atom. The molecule has 1 aromatic rings.